The molecule has 23 heavy (non-hydrogen) atoms. The Bertz CT molecular complexity index is 769. The van der Waals surface area contributed by atoms with Gasteiger partial charge in [0.2, 0.25) is 0 Å². The second-order valence-corrected chi connectivity index (χ2v) is 7.15. The molecule has 0 spiro atoms. The van der Waals surface area contributed by atoms with Gasteiger partial charge in [-0.1, -0.05) is 44.2 Å². The molecule has 3 N–H and O–H groups in total. The molecule has 0 aliphatic rings. The molecule has 2 aromatic rings. The van der Waals surface area contributed by atoms with E-state index < -0.39 is 22.0 Å². The Morgan fingerprint density at radius 2 is 1.96 bits per heavy atom. The van der Waals surface area contributed by atoms with Gasteiger partial charge in [0.25, 0.3) is 10.0 Å². The Morgan fingerprint density at radius 1 is 1.30 bits per heavy atom. The van der Waals surface area contributed by atoms with Gasteiger partial charge in [-0.3, -0.25) is 4.79 Å². The molecule has 0 fully saturated rings. The van der Waals surface area contributed by atoms with Crippen molar-refractivity contribution in [2.45, 2.75) is 37.3 Å². The van der Waals surface area contributed by atoms with Crippen LogP contribution in [0.3, 0.4) is 0 Å². The van der Waals surface area contributed by atoms with E-state index in [9.17, 15) is 13.2 Å². The third-order valence-electron chi connectivity index (χ3n) is 3.29. The summed E-state index contributed by atoms with van der Waals surface area (Å²) < 4.78 is 27.3. The molecule has 2 rings (SSSR count). The lowest BCUT2D eigenvalue weighted by molar-refractivity contribution is -0.137. The highest BCUT2D eigenvalue weighted by molar-refractivity contribution is 7.89. The van der Waals surface area contributed by atoms with Crippen molar-refractivity contribution < 1.29 is 18.3 Å². The molecule has 1 aromatic carbocycles. The first-order valence-electron chi connectivity index (χ1n) is 7.13. The van der Waals surface area contributed by atoms with E-state index in [1.807, 2.05) is 13.8 Å². The molecule has 8 heteroatoms. The molecule has 0 aliphatic carbocycles. The van der Waals surface area contributed by atoms with Gasteiger partial charge in [0, 0.05) is 5.92 Å². The van der Waals surface area contributed by atoms with Gasteiger partial charge in [-0.25, -0.2) is 18.1 Å². The van der Waals surface area contributed by atoms with E-state index in [4.69, 9.17) is 5.11 Å². The van der Waals surface area contributed by atoms with E-state index in [2.05, 4.69) is 14.7 Å². The number of nitrogens with one attached hydrogen (secondary N) is 2. The number of nitrogens with zero attached hydrogens (tertiary/aromatic N) is 1. The number of aromatic nitrogens is 2. The Balaban J connectivity index is 2.28. The Hall–Kier alpha value is -2.19. The number of hydrogen-bond acceptors (Lipinski definition) is 4. The lowest BCUT2D eigenvalue weighted by Crippen LogP contribution is -2.30. The van der Waals surface area contributed by atoms with Crippen LogP contribution in [0.4, 0.5) is 0 Å². The number of hydrogen-bond donors (Lipinski definition) is 3. The molecule has 0 amide bonds. The first-order chi connectivity index (χ1) is 10.8. The van der Waals surface area contributed by atoms with E-state index in [-0.39, 0.29) is 17.4 Å². The first-order valence-corrected chi connectivity index (χ1v) is 8.62. The fourth-order valence-electron chi connectivity index (χ4n) is 2.09. The fraction of sp³-hybridized carbons (Fsp3) is 0.333. The monoisotopic (exact) mass is 337 g/mol. The molecule has 0 radical (unpaired) electrons. The van der Waals surface area contributed by atoms with Crippen LogP contribution in [0.1, 0.15) is 43.6 Å². The summed E-state index contributed by atoms with van der Waals surface area (Å²) in [6, 6.07) is 7.74. The minimum Gasteiger partial charge on any atom is -0.481 e. The Morgan fingerprint density at radius 3 is 2.48 bits per heavy atom. The molecule has 0 saturated carbocycles. The zero-order valence-electron chi connectivity index (χ0n) is 12.9. The van der Waals surface area contributed by atoms with Gasteiger partial charge in [-0.15, -0.1) is 0 Å². The van der Waals surface area contributed by atoms with Gasteiger partial charge in [-0.05, 0) is 5.56 Å². The summed E-state index contributed by atoms with van der Waals surface area (Å²) in [5.41, 5.74) is 0.585. The molecule has 0 saturated heterocycles. The van der Waals surface area contributed by atoms with Crippen molar-refractivity contribution in [3.05, 3.63) is 47.9 Å². The molecule has 0 bridgehead atoms. The topological polar surface area (TPSA) is 112 Å². The number of aliphatic carboxylic acids is 1. The highest BCUT2D eigenvalue weighted by Gasteiger charge is 2.25. The van der Waals surface area contributed by atoms with Crippen LogP contribution in [0.25, 0.3) is 0 Å². The van der Waals surface area contributed by atoms with E-state index in [1.165, 1.54) is 6.20 Å². The maximum atomic E-state index is 12.5. The highest BCUT2D eigenvalue weighted by Crippen LogP contribution is 2.20. The minimum absolute atomic E-state index is 0.0582. The number of carboxylic acid groups (broad SMARTS) is 1. The third kappa shape index (κ3) is 4.40. The van der Waals surface area contributed by atoms with E-state index in [1.54, 1.807) is 30.3 Å². The quantitative estimate of drug-likeness (QED) is 0.715. The second kappa shape index (κ2) is 6.93. The van der Waals surface area contributed by atoms with Crippen molar-refractivity contribution in [3.8, 4) is 0 Å². The number of H-pyrrole nitrogens is 1. The van der Waals surface area contributed by atoms with Gasteiger partial charge >= 0.3 is 5.97 Å². The second-order valence-electron chi connectivity index (χ2n) is 5.47. The number of imidazole rings is 1. The van der Waals surface area contributed by atoms with Crippen molar-refractivity contribution in [1.29, 1.82) is 0 Å². The van der Waals surface area contributed by atoms with Crippen molar-refractivity contribution >= 4 is 16.0 Å². The van der Waals surface area contributed by atoms with Gasteiger partial charge in [0.15, 0.2) is 5.03 Å². The van der Waals surface area contributed by atoms with Crippen molar-refractivity contribution in [1.82, 2.24) is 14.7 Å². The van der Waals surface area contributed by atoms with Crippen LogP contribution in [0.15, 0.2) is 41.6 Å². The summed E-state index contributed by atoms with van der Waals surface area (Å²) in [4.78, 5) is 17.8. The van der Waals surface area contributed by atoms with Gasteiger partial charge < -0.3 is 10.1 Å². The van der Waals surface area contributed by atoms with Crippen LogP contribution in [0.5, 0.6) is 0 Å². The Kier molecular flexibility index (Phi) is 5.17. The number of carboxylic acids is 1. The summed E-state index contributed by atoms with van der Waals surface area (Å²) in [5, 5.41) is 8.96. The van der Waals surface area contributed by atoms with Gasteiger partial charge in [-0.2, -0.15) is 0 Å². The molecular formula is C15H19N3O4S. The standard InChI is InChI=1S/C15H19N3O4S/c1-10(2)15-16-9-13(17-15)23(21,22)18-12(8-14(19)20)11-6-4-3-5-7-11/h3-7,9-10,12,18H,8H2,1-2H3,(H,16,17)(H,19,20). The molecule has 0 aliphatic heterocycles. The zero-order chi connectivity index (χ0) is 17.0. The third-order valence-corrected chi connectivity index (χ3v) is 4.67. The SMILES string of the molecule is CC(C)c1ncc(S(=O)(=O)NC(CC(=O)O)c2ccccc2)[nH]1. The molecule has 1 aromatic heterocycles. The molecule has 1 unspecified atom stereocenters. The summed E-state index contributed by atoms with van der Waals surface area (Å²) in [6.45, 7) is 3.78. The van der Waals surface area contributed by atoms with Crippen molar-refractivity contribution in [2.75, 3.05) is 0 Å². The number of sulfonamides is 1. The van der Waals surface area contributed by atoms with Crippen LogP contribution < -0.4 is 4.72 Å². The number of aromatic amines is 1. The fourth-order valence-corrected chi connectivity index (χ4v) is 3.24. The maximum absolute atomic E-state index is 12.5. The van der Waals surface area contributed by atoms with E-state index >= 15 is 0 Å². The van der Waals surface area contributed by atoms with E-state index in [0.717, 1.165) is 0 Å². The smallest absolute Gasteiger partial charge is 0.305 e. The van der Waals surface area contributed by atoms with Crippen LogP contribution >= 0.6 is 0 Å². The summed E-state index contributed by atoms with van der Waals surface area (Å²) in [5.74, 6) is -0.475. The molecule has 7 nitrogen and oxygen atoms in total. The maximum Gasteiger partial charge on any atom is 0.305 e. The zero-order valence-corrected chi connectivity index (χ0v) is 13.7. The van der Waals surface area contributed by atoms with E-state index in [0.29, 0.717) is 11.4 Å². The summed E-state index contributed by atoms with van der Waals surface area (Å²) in [6.07, 6.45) is 0.884. The predicted octanol–water partition coefficient (Wildman–Crippen LogP) is 2.03. The molecular weight excluding hydrogens is 318 g/mol. The average molecular weight is 337 g/mol. The number of benzene rings is 1. The van der Waals surface area contributed by atoms with Crippen LogP contribution in [0, 0.1) is 0 Å². The van der Waals surface area contributed by atoms with Gasteiger partial charge in [0.05, 0.1) is 18.7 Å². The van der Waals surface area contributed by atoms with Crippen LogP contribution in [-0.4, -0.2) is 29.5 Å². The van der Waals surface area contributed by atoms with Crippen LogP contribution in [-0.2, 0) is 14.8 Å². The molecule has 1 heterocycles. The lowest BCUT2D eigenvalue weighted by Gasteiger charge is -2.16. The lowest BCUT2D eigenvalue weighted by atomic mass is 10.1. The predicted molar refractivity (Wildman–Crippen MR) is 84.4 cm³/mol. The summed E-state index contributed by atoms with van der Waals surface area (Å²) >= 11 is 0. The molecule has 124 valence electrons. The highest BCUT2D eigenvalue weighted by atomic mass is 32.2. The summed E-state index contributed by atoms with van der Waals surface area (Å²) in [7, 11) is -3.90. The largest absolute Gasteiger partial charge is 0.481 e. The first kappa shape index (κ1) is 17.2. The minimum atomic E-state index is -3.90. The molecule has 1 atom stereocenters. The van der Waals surface area contributed by atoms with Crippen molar-refractivity contribution in [2.24, 2.45) is 0 Å². The van der Waals surface area contributed by atoms with Gasteiger partial charge in [0.1, 0.15) is 5.82 Å². The Labute approximate surface area is 134 Å². The van der Waals surface area contributed by atoms with Crippen LogP contribution in [0.2, 0.25) is 0 Å². The van der Waals surface area contributed by atoms with Crippen molar-refractivity contribution in [3.63, 3.8) is 0 Å². The average Bonchev–Trinajstić information content (AvgIpc) is 2.98. The normalized spacial score (nSPS) is 13.2. The number of rotatable bonds is 7. The number of carbonyl (C=O) groups is 1.